The highest BCUT2D eigenvalue weighted by molar-refractivity contribution is 6.21. The third-order valence-corrected chi connectivity index (χ3v) is 6.34. The summed E-state index contributed by atoms with van der Waals surface area (Å²) in [5.74, 6) is -0.704. The molecule has 1 N–H and O–H groups in total. The van der Waals surface area contributed by atoms with Crippen molar-refractivity contribution in [3.05, 3.63) is 59.5 Å². The predicted molar refractivity (Wildman–Crippen MR) is 114 cm³/mol. The minimum atomic E-state index is -0.358. The van der Waals surface area contributed by atoms with Gasteiger partial charge in [0.25, 0.3) is 11.8 Å². The molecule has 2 aromatic heterocycles. The van der Waals surface area contributed by atoms with Crippen LogP contribution in [0.5, 0.6) is 0 Å². The van der Waals surface area contributed by atoms with Crippen LogP contribution < -0.4 is 5.32 Å². The van der Waals surface area contributed by atoms with E-state index in [2.05, 4.69) is 29.6 Å². The SMILES string of the molecule is Cc1ccc(-c2cnn(CC3(C)CCCC3)c2)c(-c2ccc3c(c2)C(=O)NC3=O)n1. The van der Waals surface area contributed by atoms with Crippen LogP contribution in [0.1, 0.15) is 59.0 Å². The lowest BCUT2D eigenvalue weighted by molar-refractivity contribution is 0.0879. The maximum atomic E-state index is 12.1. The van der Waals surface area contributed by atoms with Crippen molar-refractivity contribution in [1.82, 2.24) is 20.1 Å². The van der Waals surface area contributed by atoms with Crippen molar-refractivity contribution in [2.24, 2.45) is 5.41 Å². The second kappa shape index (κ2) is 6.90. The van der Waals surface area contributed by atoms with E-state index in [0.29, 0.717) is 16.5 Å². The van der Waals surface area contributed by atoms with Crippen LogP contribution in [0.4, 0.5) is 0 Å². The summed E-state index contributed by atoms with van der Waals surface area (Å²) in [6, 6.07) is 9.34. The molecule has 3 heterocycles. The zero-order valence-corrected chi connectivity index (χ0v) is 17.2. The molecule has 1 aliphatic heterocycles. The van der Waals surface area contributed by atoms with E-state index in [4.69, 9.17) is 4.98 Å². The summed E-state index contributed by atoms with van der Waals surface area (Å²) >= 11 is 0. The Hall–Kier alpha value is -3.28. The molecule has 1 aliphatic carbocycles. The van der Waals surface area contributed by atoms with Crippen molar-refractivity contribution in [3.63, 3.8) is 0 Å². The molecule has 0 bridgehead atoms. The number of amides is 2. The van der Waals surface area contributed by atoms with Gasteiger partial charge in [0.1, 0.15) is 0 Å². The average Bonchev–Trinajstić information content (AvgIpc) is 3.42. The number of carbonyl (C=O) groups excluding carboxylic acids is 2. The van der Waals surface area contributed by atoms with Gasteiger partial charge in [-0.1, -0.05) is 31.9 Å². The molecule has 0 radical (unpaired) electrons. The second-order valence-electron chi connectivity index (χ2n) is 8.84. The zero-order valence-electron chi connectivity index (χ0n) is 17.2. The normalized spacial score (nSPS) is 17.3. The number of hydrogen-bond acceptors (Lipinski definition) is 4. The number of carbonyl (C=O) groups is 2. The highest BCUT2D eigenvalue weighted by Gasteiger charge is 2.30. The van der Waals surface area contributed by atoms with E-state index in [1.54, 1.807) is 12.1 Å². The monoisotopic (exact) mass is 400 g/mol. The summed E-state index contributed by atoms with van der Waals surface area (Å²) in [7, 11) is 0. The van der Waals surface area contributed by atoms with Crippen molar-refractivity contribution in [2.45, 2.75) is 46.1 Å². The van der Waals surface area contributed by atoms with Crippen LogP contribution in [-0.4, -0.2) is 26.6 Å². The number of aromatic nitrogens is 3. The summed E-state index contributed by atoms with van der Waals surface area (Å²) in [4.78, 5) is 28.8. The Morgan fingerprint density at radius 1 is 1.00 bits per heavy atom. The Bertz CT molecular complexity index is 1170. The Labute approximate surface area is 175 Å². The number of nitrogens with zero attached hydrogens (tertiary/aromatic N) is 3. The minimum absolute atomic E-state index is 0.317. The molecule has 5 rings (SSSR count). The molecule has 6 nitrogen and oxygen atoms in total. The first-order valence-electron chi connectivity index (χ1n) is 10.4. The molecule has 6 heteroatoms. The Morgan fingerprint density at radius 3 is 2.53 bits per heavy atom. The molecule has 152 valence electrons. The number of benzene rings is 1. The molecule has 1 aromatic carbocycles. The van der Waals surface area contributed by atoms with E-state index < -0.39 is 0 Å². The number of hydrogen-bond donors (Lipinski definition) is 1. The fourth-order valence-electron chi connectivity index (χ4n) is 4.69. The Balaban J connectivity index is 1.53. The van der Waals surface area contributed by atoms with Gasteiger partial charge in [0.05, 0.1) is 23.0 Å². The van der Waals surface area contributed by atoms with E-state index in [0.717, 1.165) is 34.6 Å². The van der Waals surface area contributed by atoms with Gasteiger partial charge in [-0.3, -0.25) is 24.6 Å². The van der Waals surface area contributed by atoms with Crippen molar-refractivity contribution in [1.29, 1.82) is 0 Å². The van der Waals surface area contributed by atoms with Gasteiger partial charge in [-0.2, -0.15) is 5.10 Å². The Morgan fingerprint density at radius 2 is 1.73 bits per heavy atom. The number of nitrogens with one attached hydrogen (secondary N) is 1. The quantitative estimate of drug-likeness (QED) is 0.659. The van der Waals surface area contributed by atoms with Crippen LogP contribution in [-0.2, 0) is 6.54 Å². The second-order valence-corrected chi connectivity index (χ2v) is 8.84. The number of imide groups is 1. The minimum Gasteiger partial charge on any atom is -0.288 e. The largest absolute Gasteiger partial charge is 0.288 e. The first-order chi connectivity index (χ1) is 14.4. The summed E-state index contributed by atoms with van der Waals surface area (Å²) in [5.41, 5.74) is 5.59. The third-order valence-electron chi connectivity index (χ3n) is 6.34. The van der Waals surface area contributed by atoms with Gasteiger partial charge < -0.3 is 0 Å². The number of fused-ring (bicyclic) bond motifs is 1. The molecule has 2 amide bonds. The zero-order chi connectivity index (χ0) is 20.9. The molecule has 0 spiro atoms. The van der Waals surface area contributed by atoms with Gasteiger partial charge >= 0.3 is 0 Å². The smallest absolute Gasteiger partial charge is 0.258 e. The maximum absolute atomic E-state index is 12.1. The Kier molecular flexibility index (Phi) is 4.31. The van der Waals surface area contributed by atoms with Gasteiger partial charge in [0.2, 0.25) is 0 Å². The first kappa shape index (κ1) is 18.7. The van der Waals surface area contributed by atoms with Crippen LogP contribution >= 0.6 is 0 Å². The molecule has 0 saturated heterocycles. The van der Waals surface area contributed by atoms with E-state index in [-0.39, 0.29) is 11.8 Å². The van der Waals surface area contributed by atoms with Crippen LogP contribution in [0.3, 0.4) is 0 Å². The molecule has 2 aliphatic rings. The van der Waals surface area contributed by atoms with E-state index >= 15 is 0 Å². The van der Waals surface area contributed by atoms with Crippen molar-refractivity contribution in [3.8, 4) is 22.4 Å². The van der Waals surface area contributed by atoms with Gasteiger partial charge in [-0.15, -0.1) is 0 Å². The van der Waals surface area contributed by atoms with Crippen LogP contribution in [0.2, 0.25) is 0 Å². The van der Waals surface area contributed by atoms with Crippen LogP contribution in [0.15, 0.2) is 42.7 Å². The molecule has 3 aromatic rings. The first-order valence-corrected chi connectivity index (χ1v) is 10.4. The number of pyridine rings is 1. The predicted octanol–water partition coefficient (Wildman–Crippen LogP) is 4.38. The summed E-state index contributed by atoms with van der Waals surface area (Å²) in [6.07, 6.45) is 9.06. The lowest BCUT2D eigenvalue weighted by atomic mass is 9.89. The summed E-state index contributed by atoms with van der Waals surface area (Å²) < 4.78 is 2.04. The van der Waals surface area contributed by atoms with Crippen molar-refractivity contribution in [2.75, 3.05) is 0 Å². The van der Waals surface area contributed by atoms with E-state index in [1.165, 1.54) is 25.7 Å². The standard InChI is InChI=1S/C24H24N4O2/c1-15-5-7-18(17-12-25-28(13-17)14-24(2)9-3-4-10-24)21(26-15)16-6-8-19-20(11-16)23(30)27-22(19)29/h5-8,11-13H,3-4,9-10,14H2,1-2H3,(H,27,29,30). The molecule has 1 fully saturated rings. The van der Waals surface area contributed by atoms with Gasteiger partial charge in [0, 0.05) is 35.1 Å². The van der Waals surface area contributed by atoms with Crippen LogP contribution in [0.25, 0.3) is 22.4 Å². The van der Waals surface area contributed by atoms with Crippen molar-refractivity contribution >= 4 is 11.8 Å². The number of aryl methyl sites for hydroxylation is 1. The lowest BCUT2D eigenvalue weighted by Crippen LogP contribution is -2.19. The highest BCUT2D eigenvalue weighted by atomic mass is 16.2. The van der Waals surface area contributed by atoms with Gasteiger partial charge in [0.15, 0.2) is 0 Å². The summed E-state index contributed by atoms with van der Waals surface area (Å²) in [6.45, 7) is 5.21. The average molecular weight is 400 g/mol. The molecular formula is C24H24N4O2. The van der Waals surface area contributed by atoms with E-state index in [1.807, 2.05) is 29.9 Å². The van der Waals surface area contributed by atoms with Crippen LogP contribution in [0, 0.1) is 12.3 Å². The number of rotatable bonds is 4. The van der Waals surface area contributed by atoms with Crippen molar-refractivity contribution < 1.29 is 9.59 Å². The third kappa shape index (κ3) is 3.22. The lowest BCUT2D eigenvalue weighted by Gasteiger charge is -2.22. The molecule has 0 atom stereocenters. The molecule has 0 unspecified atom stereocenters. The fourth-order valence-corrected chi connectivity index (χ4v) is 4.69. The van der Waals surface area contributed by atoms with Gasteiger partial charge in [-0.25, -0.2) is 0 Å². The van der Waals surface area contributed by atoms with E-state index in [9.17, 15) is 9.59 Å². The highest BCUT2D eigenvalue weighted by Crippen LogP contribution is 2.39. The topological polar surface area (TPSA) is 76.9 Å². The van der Waals surface area contributed by atoms with Gasteiger partial charge in [-0.05, 0) is 43.4 Å². The molecular weight excluding hydrogens is 376 g/mol. The fraction of sp³-hybridized carbons (Fsp3) is 0.333. The summed E-state index contributed by atoms with van der Waals surface area (Å²) in [5, 5.41) is 6.97. The molecule has 1 saturated carbocycles. The maximum Gasteiger partial charge on any atom is 0.258 e. The molecule has 30 heavy (non-hydrogen) atoms.